The second-order valence-electron chi connectivity index (χ2n) is 7.45. The minimum absolute atomic E-state index is 0.0450. The van der Waals surface area contributed by atoms with Crippen molar-refractivity contribution < 1.29 is 17.9 Å². The van der Waals surface area contributed by atoms with E-state index in [0.717, 1.165) is 9.87 Å². The maximum atomic E-state index is 13.5. The summed E-state index contributed by atoms with van der Waals surface area (Å²) in [4.78, 5) is 13.0. The first-order chi connectivity index (χ1) is 15.2. The molecular formula is C24H25ClN2O4S. The van der Waals surface area contributed by atoms with Crippen LogP contribution in [0.25, 0.3) is 0 Å². The molecule has 3 aromatic rings. The number of para-hydroxylation sites is 1. The van der Waals surface area contributed by atoms with E-state index in [1.807, 2.05) is 32.0 Å². The average molecular weight is 473 g/mol. The normalized spacial score (nSPS) is 11.3. The Kier molecular flexibility index (Phi) is 7.43. The summed E-state index contributed by atoms with van der Waals surface area (Å²) in [5.41, 5.74) is 1.96. The zero-order chi connectivity index (χ0) is 23.3. The van der Waals surface area contributed by atoms with Crippen LogP contribution in [0.15, 0.2) is 77.7 Å². The molecule has 6 nitrogen and oxygen atoms in total. The lowest BCUT2D eigenvalue weighted by atomic mass is 10.0. The highest BCUT2D eigenvalue weighted by Crippen LogP contribution is 2.27. The fourth-order valence-electron chi connectivity index (χ4n) is 3.23. The van der Waals surface area contributed by atoms with Gasteiger partial charge < -0.3 is 10.1 Å². The number of nitrogens with one attached hydrogen (secondary N) is 1. The monoisotopic (exact) mass is 472 g/mol. The van der Waals surface area contributed by atoms with Crippen LogP contribution in [0, 0.1) is 0 Å². The molecule has 0 unspecified atom stereocenters. The third-order valence-corrected chi connectivity index (χ3v) is 6.95. The lowest BCUT2D eigenvalue weighted by Gasteiger charge is -2.24. The van der Waals surface area contributed by atoms with Gasteiger partial charge >= 0.3 is 0 Å². The molecule has 32 heavy (non-hydrogen) atoms. The molecule has 1 amide bonds. The van der Waals surface area contributed by atoms with E-state index in [1.54, 1.807) is 42.5 Å². The van der Waals surface area contributed by atoms with Crippen LogP contribution in [0.4, 0.5) is 11.4 Å². The quantitative estimate of drug-likeness (QED) is 0.482. The number of sulfonamides is 1. The lowest BCUT2D eigenvalue weighted by molar-refractivity contribution is -0.114. The molecule has 0 saturated heterocycles. The molecule has 0 aromatic heterocycles. The molecule has 0 bridgehead atoms. The molecule has 1 N–H and O–H groups in total. The minimum Gasteiger partial charge on any atom is -0.497 e. The van der Waals surface area contributed by atoms with Crippen LogP contribution in [-0.2, 0) is 14.8 Å². The first-order valence-corrected chi connectivity index (χ1v) is 11.9. The van der Waals surface area contributed by atoms with Gasteiger partial charge in [-0.2, -0.15) is 0 Å². The summed E-state index contributed by atoms with van der Waals surface area (Å²) < 4.78 is 33.1. The van der Waals surface area contributed by atoms with E-state index in [1.165, 1.54) is 19.2 Å². The molecular weight excluding hydrogens is 448 g/mol. The van der Waals surface area contributed by atoms with Crippen molar-refractivity contribution in [3.63, 3.8) is 0 Å². The Hall–Kier alpha value is -3.03. The van der Waals surface area contributed by atoms with E-state index in [9.17, 15) is 13.2 Å². The van der Waals surface area contributed by atoms with E-state index in [0.29, 0.717) is 22.1 Å². The number of benzene rings is 3. The molecule has 8 heteroatoms. The molecule has 0 aliphatic carbocycles. The molecule has 0 atom stereocenters. The van der Waals surface area contributed by atoms with Gasteiger partial charge in [0.2, 0.25) is 5.91 Å². The van der Waals surface area contributed by atoms with E-state index >= 15 is 0 Å². The molecule has 0 saturated carbocycles. The van der Waals surface area contributed by atoms with Crippen molar-refractivity contribution in [2.24, 2.45) is 0 Å². The van der Waals surface area contributed by atoms with Gasteiger partial charge in [0.1, 0.15) is 12.3 Å². The number of halogens is 1. The molecule has 3 aromatic carbocycles. The van der Waals surface area contributed by atoms with Crippen molar-refractivity contribution in [2.75, 3.05) is 23.3 Å². The highest BCUT2D eigenvalue weighted by atomic mass is 35.5. The number of rotatable bonds is 8. The highest BCUT2D eigenvalue weighted by Gasteiger charge is 2.27. The van der Waals surface area contributed by atoms with Crippen molar-refractivity contribution in [2.45, 2.75) is 24.7 Å². The van der Waals surface area contributed by atoms with E-state index in [4.69, 9.17) is 16.3 Å². The number of hydrogen-bond acceptors (Lipinski definition) is 4. The second kappa shape index (κ2) is 10.1. The molecule has 3 rings (SSSR count). The van der Waals surface area contributed by atoms with Crippen LogP contribution in [0.2, 0.25) is 5.02 Å². The molecule has 0 aliphatic heterocycles. The summed E-state index contributed by atoms with van der Waals surface area (Å²) in [6, 6.07) is 19.8. The Bertz CT molecular complexity index is 1180. The summed E-state index contributed by atoms with van der Waals surface area (Å²) >= 11 is 5.98. The third-order valence-electron chi connectivity index (χ3n) is 4.91. The second-order valence-corrected chi connectivity index (χ2v) is 9.75. The fourth-order valence-corrected chi connectivity index (χ4v) is 4.78. The number of hydrogen-bond donors (Lipinski definition) is 1. The van der Waals surface area contributed by atoms with E-state index < -0.39 is 22.5 Å². The molecule has 168 valence electrons. The topological polar surface area (TPSA) is 75.7 Å². The molecule has 0 fully saturated rings. The van der Waals surface area contributed by atoms with Crippen molar-refractivity contribution >= 4 is 38.9 Å². The average Bonchev–Trinajstić information content (AvgIpc) is 2.78. The standard InChI is InChI=1S/C24H25ClN2O4S/c1-17(2)22-6-4-5-7-23(22)26-24(28)16-27(19-10-8-18(25)9-11-19)32(29,30)21-14-12-20(31-3)13-15-21/h4-15,17H,16H2,1-3H3,(H,26,28). The predicted octanol–water partition coefficient (Wildman–Crippen LogP) is 5.31. The van der Waals surface area contributed by atoms with Crippen molar-refractivity contribution in [1.29, 1.82) is 0 Å². The van der Waals surface area contributed by atoms with Crippen LogP contribution in [0.3, 0.4) is 0 Å². The van der Waals surface area contributed by atoms with E-state index in [2.05, 4.69) is 5.32 Å². The van der Waals surface area contributed by atoms with Gasteiger partial charge in [-0.3, -0.25) is 9.10 Å². The Morgan fingerprint density at radius 1 is 1.00 bits per heavy atom. The van der Waals surface area contributed by atoms with Crippen molar-refractivity contribution in [3.8, 4) is 5.75 Å². The SMILES string of the molecule is COc1ccc(S(=O)(=O)N(CC(=O)Nc2ccccc2C(C)C)c2ccc(Cl)cc2)cc1. The van der Waals surface area contributed by atoms with Gasteiger partial charge in [0.25, 0.3) is 10.0 Å². The lowest BCUT2D eigenvalue weighted by Crippen LogP contribution is -2.38. The Morgan fingerprint density at radius 2 is 1.62 bits per heavy atom. The van der Waals surface area contributed by atoms with Crippen molar-refractivity contribution in [3.05, 3.63) is 83.4 Å². The van der Waals surface area contributed by atoms with Gasteiger partial charge in [-0.25, -0.2) is 8.42 Å². The Morgan fingerprint density at radius 3 is 2.22 bits per heavy atom. The molecule has 0 radical (unpaired) electrons. The van der Waals surface area contributed by atoms with E-state index in [-0.39, 0.29) is 10.8 Å². The van der Waals surface area contributed by atoms with Crippen LogP contribution < -0.4 is 14.4 Å². The predicted molar refractivity (Wildman–Crippen MR) is 128 cm³/mol. The van der Waals surface area contributed by atoms with Gasteiger partial charge in [0.15, 0.2) is 0 Å². The third kappa shape index (κ3) is 5.41. The van der Waals surface area contributed by atoms with Gasteiger partial charge in [-0.15, -0.1) is 0 Å². The smallest absolute Gasteiger partial charge is 0.264 e. The number of methoxy groups -OCH3 is 1. The maximum Gasteiger partial charge on any atom is 0.264 e. The highest BCUT2D eigenvalue weighted by molar-refractivity contribution is 7.92. The number of carbonyl (C=O) groups is 1. The Labute approximate surface area is 193 Å². The summed E-state index contributed by atoms with van der Waals surface area (Å²) in [7, 11) is -2.53. The van der Waals surface area contributed by atoms with Gasteiger partial charge in [0.05, 0.1) is 17.7 Å². The minimum atomic E-state index is -4.03. The summed E-state index contributed by atoms with van der Waals surface area (Å²) in [5.74, 6) is 0.275. The largest absolute Gasteiger partial charge is 0.497 e. The summed E-state index contributed by atoms with van der Waals surface area (Å²) in [6.45, 7) is 3.65. The number of anilines is 2. The van der Waals surface area contributed by atoms with Crippen LogP contribution in [0.1, 0.15) is 25.3 Å². The van der Waals surface area contributed by atoms with Crippen LogP contribution in [0.5, 0.6) is 5.75 Å². The van der Waals surface area contributed by atoms with Crippen LogP contribution >= 0.6 is 11.6 Å². The number of carbonyl (C=O) groups excluding carboxylic acids is 1. The number of nitrogens with zero attached hydrogens (tertiary/aromatic N) is 1. The van der Waals surface area contributed by atoms with Gasteiger partial charge in [0, 0.05) is 10.7 Å². The first kappa shape index (κ1) is 23.6. The van der Waals surface area contributed by atoms with Gasteiger partial charge in [-0.1, -0.05) is 43.6 Å². The summed E-state index contributed by atoms with van der Waals surface area (Å²) in [5, 5.41) is 3.32. The van der Waals surface area contributed by atoms with Gasteiger partial charge in [-0.05, 0) is 66.1 Å². The summed E-state index contributed by atoms with van der Waals surface area (Å²) in [6.07, 6.45) is 0. The molecule has 0 spiro atoms. The first-order valence-electron chi connectivity index (χ1n) is 10.0. The van der Waals surface area contributed by atoms with Crippen molar-refractivity contribution in [1.82, 2.24) is 0 Å². The Balaban J connectivity index is 1.95. The maximum absolute atomic E-state index is 13.5. The zero-order valence-corrected chi connectivity index (χ0v) is 19.7. The zero-order valence-electron chi connectivity index (χ0n) is 18.1. The fraction of sp³-hybridized carbons (Fsp3) is 0.208. The number of amides is 1. The number of ether oxygens (including phenoxy) is 1. The van der Waals surface area contributed by atoms with Crippen LogP contribution in [-0.4, -0.2) is 28.0 Å². The molecule has 0 heterocycles. The molecule has 0 aliphatic rings.